The first-order valence-corrected chi connectivity index (χ1v) is 12.1. The summed E-state index contributed by atoms with van der Waals surface area (Å²) in [5, 5.41) is 17.4. The molecule has 2 aromatic carbocycles. The summed E-state index contributed by atoms with van der Waals surface area (Å²) in [5.74, 6) is -1.86. The molecule has 5 nitrogen and oxygen atoms in total. The second-order valence-electron chi connectivity index (χ2n) is 9.08. The van der Waals surface area contributed by atoms with E-state index in [1.165, 1.54) is 35.0 Å². The fourth-order valence-corrected chi connectivity index (χ4v) is 4.69. The molecule has 0 radical (unpaired) electrons. The smallest absolute Gasteiger partial charge is 0.270 e. The van der Waals surface area contributed by atoms with Crippen molar-refractivity contribution >= 4 is 5.91 Å². The third-order valence-electron chi connectivity index (χ3n) is 6.56. The number of nitrogens with one attached hydrogen (secondary N) is 2. The van der Waals surface area contributed by atoms with Crippen LogP contribution in [0.3, 0.4) is 0 Å². The summed E-state index contributed by atoms with van der Waals surface area (Å²) >= 11 is 0. The van der Waals surface area contributed by atoms with Crippen LogP contribution in [-0.4, -0.2) is 34.7 Å². The average molecular weight is 480 g/mol. The molecule has 3 atom stereocenters. The predicted octanol–water partition coefficient (Wildman–Crippen LogP) is 4.29. The highest BCUT2D eigenvalue weighted by Crippen LogP contribution is 2.30. The van der Waals surface area contributed by atoms with Crippen LogP contribution in [0.1, 0.15) is 58.5 Å². The number of hydrogen-bond donors (Lipinski definition) is 3. The van der Waals surface area contributed by atoms with Crippen LogP contribution in [0.4, 0.5) is 8.78 Å². The summed E-state index contributed by atoms with van der Waals surface area (Å²) in [5.41, 5.74) is 4.39. The molecule has 0 unspecified atom stereocenters. The van der Waals surface area contributed by atoms with Crippen LogP contribution in [0.5, 0.6) is 0 Å². The number of aryl methyl sites for hydroxylation is 2. The van der Waals surface area contributed by atoms with Gasteiger partial charge in [-0.15, -0.1) is 0 Å². The lowest BCUT2D eigenvalue weighted by atomic mass is 9.86. The Bertz CT molecular complexity index is 1140. The van der Waals surface area contributed by atoms with Gasteiger partial charge in [-0.25, -0.2) is 8.78 Å². The van der Waals surface area contributed by atoms with Gasteiger partial charge < -0.3 is 15.7 Å². The number of amides is 1. The van der Waals surface area contributed by atoms with Crippen molar-refractivity contribution in [1.82, 2.24) is 15.6 Å². The van der Waals surface area contributed by atoms with Gasteiger partial charge >= 0.3 is 0 Å². The highest BCUT2D eigenvalue weighted by atomic mass is 19.1. The Kier molecular flexibility index (Phi) is 8.21. The van der Waals surface area contributed by atoms with Gasteiger partial charge in [-0.3, -0.25) is 9.78 Å². The molecule has 4 rings (SSSR count). The number of aliphatic hydroxyl groups excluding tert-OH is 1. The number of carbonyl (C=O) groups excluding carboxylic acids is 1. The lowest BCUT2D eigenvalue weighted by molar-refractivity contribution is 0.0818. The van der Waals surface area contributed by atoms with E-state index in [9.17, 15) is 18.7 Å². The molecular formula is C28H31F2N3O2. The second-order valence-corrected chi connectivity index (χ2v) is 9.08. The second kappa shape index (κ2) is 11.5. The number of aromatic nitrogens is 1. The first-order valence-electron chi connectivity index (χ1n) is 12.1. The zero-order chi connectivity index (χ0) is 24.8. The van der Waals surface area contributed by atoms with E-state index in [-0.39, 0.29) is 24.7 Å². The number of fused-ring (bicyclic) bond motifs is 1. The standard InChI is InChI=1S/C28H31F2N3O2/c1-2-18-9-10-20-6-5-8-24(23(20)14-18)32-17-27(34)26(15-19-12-21(29)16-22(30)13-19)33-28(35)25-7-3-4-11-31-25/h3-4,7,9-14,16,24,26-27,32,34H,2,5-6,8,15,17H2,1H3,(H,33,35)/t24-,26-,27+/m1/s1. The molecule has 1 aliphatic carbocycles. The lowest BCUT2D eigenvalue weighted by Gasteiger charge is -2.30. The molecule has 35 heavy (non-hydrogen) atoms. The van der Waals surface area contributed by atoms with E-state index >= 15 is 0 Å². The van der Waals surface area contributed by atoms with E-state index in [1.807, 2.05) is 0 Å². The number of halogens is 2. The van der Waals surface area contributed by atoms with Crippen molar-refractivity contribution in [2.45, 2.75) is 57.2 Å². The summed E-state index contributed by atoms with van der Waals surface area (Å²) in [7, 11) is 0. The number of benzene rings is 2. The molecule has 1 amide bonds. The minimum atomic E-state index is -0.992. The molecule has 3 aromatic rings. The van der Waals surface area contributed by atoms with Crippen molar-refractivity contribution in [2.24, 2.45) is 0 Å². The summed E-state index contributed by atoms with van der Waals surface area (Å²) in [6.07, 6.45) is 4.57. The van der Waals surface area contributed by atoms with Gasteiger partial charge in [0.25, 0.3) is 5.91 Å². The van der Waals surface area contributed by atoms with Crippen LogP contribution in [0.25, 0.3) is 0 Å². The van der Waals surface area contributed by atoms with Gasteiger partial charge in [-0.2, -0.15) is 0 Å². The van der Waals surface area contributed by atoms with Crippen molar-refractivity contribution in [2.75, 3.05) is 6.54 Å². The average Bonchev–Trinajstić information content (AvgIpc) is 2.86. The maximum absolute atomic E-state index is 13.8. The Labute approximate surface area is 204 Å². The third-order valence-corrected chi connectivity index (χ3v) is 6.56. The number of rotatable bonds is 9. The molecule has 0 saturated heterocycles. The van der Waals surface area contributed by atoms with Gasteiger partial charge in [0.05, 0.1) is 12.1 Å². The first-order chi connectivity index (χ1) is 16.9. The number of nitrogens with zero attached hydrogens (tertiary/aromatic N) is 1. The van der Waals surface area contributed by atoms with Crippen molar-refractivity contribution in [3.63, 3.8) is 0 Å². The van der Waals surface area contributed by atoms with Gasteiger partial charge in [-0.1, -0.05) is 31.2 Å². The largest absolute Gasteiger partial charge is 0.390 e. The fourth-order valence-electron chi connectivity index (χ4n) is 4.69. The molecule has 1 heterocycles. The minimum Gasteiger partial charge on any atom is -0.390 e. The molecule has 184 valence electrons. The maximum atomic E-state index is 13.8. The normalized spacial score (nSPS) is 16.9. The van der Waals surface area contributed by atoms with Gasteiger partial charge in [0, 0.05) is 24.8 Å². The highest BCUT2D eigenvalue weighted by Gasteiger charge is 2.26. The number of carbonyl (C=O) groups is 1. The zero-order valence-electron chi connectivity index (χ0n) is 19.8. The van der Waals surface area contributed by atoms with Crippen molar-refractivity contribution < 1.29 is 18.7 Å². The lowest BCUT2D eigenvalue weighted by Crippen LogP contribution is -2.49. The summed E-state index contributed by atoms with van der Waals surface area (Å²) in [6, 6.07) is 14.1. The molecule has 3 N–H and O–H groups in total. The van der Waals surface area contributed by atoms with Crippen molar-refractivity contribution in [3.05, 3.63) is 100 Å². The van der Waals surface area contributed by atoms with Crippen LogP contribution >= 0.6 is 0 Å². The molecule has 1 aromatic heterocycles. The monoisotopic (exact) mass is 479 g/mol. The van der Waals surface area contributed by atoms with Crippen LogP contribution in [0, 0.1) is 11.6 Å². The quantitative estimate of drug-likeness (QED) is 0.428. The fraction of sp³-hybridized carbons (Fsp3) is 0.357. The Balaban J connectivity index is 1.50. The summed E-state index contributed by atoms with van der Waals surface area (Å²) in [6.45, 7) is 2.34. The van der Waals surface area contributed by atoms with E-state index < -0.39 is 29.7 Å². The number of aliphatic hydroxyl groups is 1. The van der Waals surface area contributed by atoms with Crippen molar-refractivity contribution in [1.29, 1.82) is 0 Å². The van der Waals surface area contributed by atoms with Crippen LogP contribution in [-0.2, 0) is 19.3 Å². The third kappa shape index (κ3) is 6.50. The first kappa shape index (κ1) is 24.9. The molecule has 0 aliphatic heterocycles. The van der Waals surface area contributed by atoms with Gasteiger partial charge in [0.1, 0.15) is 17.3 Å². The van der Waals surface area contributed by atoms with Crippen LogP contribution < -0.4 is 10.6 Å². The van der Waals surface area contributed by atoms with E-state index in [0.717, 1.165) is 31.7 Å². The van der Waals surface area contributed by atoms with E-state index in [1.54, 1.807) is 18.2 Å². The molecule has 0 spiro atoms. The molecule has 7 heteroatoms. The number of hydrogen-bond acceptors (Lipinski definition) is 4. The topological polar surface area (TPSA) is 74.2 Å². The van der Waals surface area contributed by atoms with Gasteiger partial charge in [0.15, 0.2) is 0 Å². The van der Waals surface area contributed by atoms with Gasteiger partial charge in [-0.05, 0) is 78.6 Å². The van der Waals surface area contributed by atoms with E-state index in [0.29, 0.717) is 5.56 Å². The summed E-state index contributed by atoms with van der Waals surface area (Å²) < 4.78 is 27.6. The molecule has 0 fully saturated rings. The Hall–Kier alpha value is -3.16. The van der Waals surface area contributed by atoms with Crippen LogP contribution in [0.15, 0.2) is 60.8 Å². The Morgan fingerprint density at radius 3 is 2.63 bits per heavy atom. The number of pyridine rings is 1. The predicted molar refractivity (Wildman–Crippen MR) is 131 cm³/mol. The Morgan fingerprint density at radius 1 is 1.11 bits per heavy atom. The SMILES string of the molecule is CCc1ccc2c(c1)[C@H](NC[C@H](O)[C@@H](Cc1cc(F)cc(F)c1)NC(=O)c1ccccn1)CCC2. The molecular weight excluding hydrogens is 448 g/mol. The Morgan fingerprint density at radius 2 is 1.91 bits per heavy atom. The van der Waals surface area contributed by atoms with Crippen molar-refractivity contribution in [3.8, 4) is 0 Å². The highest BCUT2D eigenvalue weighted by molar-refractivity contribution is 5.92. The molecule has 0 bridgehead atoms. The molecule has 1 aliphatic rings. The summed E-state index contributed by atoms with van der Waals surface area (Å²) in [4.78, 5) is 16.8. The molecule has 0 saturated carbocycles. The van der Waals surface area contributed by atoms with E-state index in [2.05, 4.69) is 40.7 Å². The zero-order valence-corrected chi connectivity index (χ0v) is 19.8. The maximum Gasteiger partial charge on any atom is 0.270 e. The van der Waals surface area contributed by atoms with E-state index in [4.69, 9.17) is 0 Å². The van der Waals surface area contributed by atoms with Crippen LogP contribution in [0.2, 0.25) is 0 Å². The van der Waals surface area contributed by atoms with Gasteiger partial charge in [0.2, 0.25) is 0 Å². The minimum absolute atomic E-state index is 0.0668.